The number of hydrogen-bond donors (Lipinski definition) is 4. The van der Waals surface area contributed by atoms with Crippen LogP contribution in [0.3, 0.4) is 0 Å². The number of benzene rings is 1. The average molecular weight is 361 g/mol. The molecule has 140 valence electrons. The standard InChI is InChI=1S/C18H24N4O4/c1-12-9-16(21-24)17(10-13(12)2)22(25-3)15-6-4-5-14(11-15)20-18(23)26-8-7-19/h4-5,9-11,21,24H,6-8,19H2,1-3H3/p+1. The smallest absolute Gasteiger partial charge is 0.411 e. The van der Waals surface area contributed by atoms with Gasteiger partial charge in [-0.3, -0.25) is 20.8 Å². The van der Waals surface area contributed by atoms with E-state index >= 15 is 0 Å². The summed E-state index contributed by atoms with van der Waals surface area (Å²) in [4.78, 5) is 17.2. The van der Waals surface area contributed by atoms with Gasteiger partial charge in [0.2, 0.25) is 5.71 Å². The molecule has 0 heterocycles. The second-order valence-electron chi connectivity index (χ2n) is 5.79. The third-order valence-electron chi connectivity index (χ3n) is 3.94. The molecule has 0 aromatic heterocycles. The molecule has 0 saturated carbocycles. The van der Waals surface area contributed by atoms with E-state index < -0.39 is 6.09 Å². The number of nitrogens with zero attached hydrogens (tertiary/aromatic N) is 1. The van der Waals surface area contributed by atoms with Gasteiger partial charge in [0.15, 0.2) is 0 Å². The van der Waals surface area contributed by atoms with Gasteiger partial charge in [-0.15, -0.1) is 0 Å². The van der Waals surface area contributed by atoms with Gasteiger partial charge < -0.3 is 10.5 Å². The minimum Gasteiger partial charge on any atom is -0.448 e. The van der Waals surface area contributed by atoms with E-state index in [0.717, 1.165) is 16.8 Å². The number of nitrogens with two attached hydrogens (primary N) is 1. The maximum Gasteiger partial charge on any atom is 0.411 e. The highest BCUT2D eigenvalue weighted by molar-refractivity contribution is 5.95. The summed E-state index contributed by atoms with van der Waals surface area (Å²) in [5.74, 6) is 0. The quantitative estimate of drug-likeness (QED) is 0.457. The largest absolute Gasteiger partial charge is 0.448 e. The molecule has 5 N–H and O–H groups in total. The summed E-state index contributed by atoms with van der Waals surface area (Å²) in [5, 5.41) is 12.1. The summed E-state index contributed by atoms with van der Waals surface area (Å²) in [5.41, 5.74) is 12.1. The number of carbonyl (C=O) groups excluding carboxylic acids is 1. The number of rotatable bonds is 6. The molecule has 8 heteroatoms. The maximum atomic E-state index is 11.7. The van der Waals surface area contributed by atoms with Crippen LogP contribution in [0.15, 0.2) is 36.1 Å². The minimum atomic E-state index is -0.569. The molecule has 0 unspecified atom stereocenters. The van der Waals surface area contributed by atoms with Crippen LogP contribution in [0.4, 0.5) is 16.2 Å². The number of ether oxygens (including phenoxy) is 1. The average Bonchev–Trinajstić information content (AvgIpc) is 2.63. The molecule has 1 aromatic rings. The first-order valence-corrected chi connectivity index (χ1v) is 8.23. The Bertz CT molecular complexity index is 769. The molecule has 0 spiro atoms. The first kappa shape index (κ1) is 19.5. The zero-order valence-corrected chi connectivity index (χ0v) is 15.2. The van der Waals surface area contributed by atoms with Crippen molar-refractivity contribution >= 4 is 23.2 Å². The van der Waals surface area contributed by atoms with E-state index in [1.165, 1.54) is 7.11 Å². The molecule has 0 aliphatic heterocycles. The van der Waals surface area contributed by atoms with Crippen molar-refractivity contribution < 1.29 is 24.3 Å². The first-order chi connectivity index (χ1) is 12.5. The zero-order chi connectivity index (χ0) is 19.1. The number of carbonyl (C=O) groups is 1. The van der Waals surface area contributed by atoms with Crippen molar-refractivity contribution in [3.05, 3.63) is 47.2 Å². The van der Waals surface area contributed by atoms with Gasteiger partial charge in [-0.1, -0.05) is 6.08 Å². The third kappa shape index (κ3) is 4.62. The molecule has 0 atom stereocenters. The van der Waals surface area contributed by atoms with Crippen molar-refractivity contribution in [2.75, 3.05) is 25.7 Å². The molecule has 0 saturated heterocycles. The first-order valence-electron chi connectivity index (χ1n) is 8.23. The van der Waals surface area contributed by atoms with Crippen LogP contribution < -0.4 is 16.5 Å². The number of anilines is 1. The molecule has 0 radical (unpaired) electrons. The molecule has 0 fully saturated rings. The van der Waals surface area contributed by atoms with Crippen molar-refractivity contribution in [3.63, 3.8) is 0 Å². The monoisotopic (exact) mass is 361 g/mol. The molecule has 8 nitrogen and oxygen atoms in total. The predicted octanol–water partition coefficient (Wildman–Crippen LogP) is 2.28. The fraction of sp³-hybridized carbons (Fsp3) is 0.333. The van der Waals surface area contributed by atoms with Crippen molar-refractivity contribution in [3.8, 4) is 0 Å². The fourth-order valence-corrected chi connectivity index (χ4v) is 2.55. The summed E-state index contributed by atoms with van der Waals surface area (Å²) in [6.07, 6.45) is 5.48. The summed E-state index contributed by atoms with van der Waals surface area (Å²) < 4.78 is 6.52. The molecule has 1 aliphatic carbocycles. The molecule has 1 aliphatic rings. The number of amides is 1. The van der Waals surface area contributed by atoms with Gasteiger partial charge in [0.25, 0.3) is 5.69 Å². The highest BCUT2D eigenvalue weighted by Crippen LogP contribution is 2.29. The van der Waals surface area contributed by atoms with E-state index in [-0.39, 0.29) is 13.2 Å². The minimum absolute atomic E-state index is 0.151. The topological polar surface area (TPSA) is 109 Å². The normalized spacial score (nSPS) is 15.2. The van der Waals surface area contributed by atoms with Gasteiger partial charge in [0.1, 0.15) is 19.4 Å². The second-order valence-corrected chi connectivity index (χ2v) is 5.79. The highest BCUT2D eigenvalue weighted by atomic mass is 16.7. The highest BCUT2D eigenvalue weighted by Gasteiger charge is 2.24. The summed E-state index contributed by atoms with van der Waals surface area (Å²) in [6, 6.07) is 3.75. The zero-order valence-electron chi connectivity index (χ0n) is 15.2. The Kier molecular flexibility index (Phi) is 6.76. The van der Waals surface area contributed by atoms with Crippen molar-refractivity contribution in [2.45, 2.75) is 20.3 Å². The van der Waals surface area contributed by atoms with E-state index in [9.17, 15) is 10.0 Å². The molecule has 2 rings (SSSR count). The van der Waals surface area contributed by atoms with Crippen LogP contribution >= 0.6 is 0 Å². The van der Waals surface area contributed by atoms with Crippen molar-refractivity contribution in [2.24, 2.45) is 5.73 Å². The Morgan fingerprint density at radius 2 is 2.08 bits per heavy atom. The van der Waals surface area contributed by atoms with E-state index in [0.29, 0.717) is 23.5 Å². The van der Waals surface area contributed by atoms with Crippen LogP contribution in [0, 0.1) is 13.8 Å². The van der Waals surface area contributed by atoms with Crippen LogP contribution in [0.25, 0.3) is 0 Å². The van der Waals surface area contributed by atoms with Crippen molar-refractivity contribution in [1.29, 1.82) is 0 Å². The SMILES string of the molecule is CO/[N+](=C1\C=C(NC(=O)OCCN)C=CC1)c1cc(C)c(C)cc1NO. The van der Waals surface area contributed by atoms with E-state index in [4.69, 9.17) is 15.3 Å². The van der Waals surface area contributed by atoms with E-state index in [2.05, 4.69) is 10.8 Å². The number of nitrogens with one attached hydrogen (secondary N) is 2. The molecular formula is C18H25N4O4+. The summed E-state index contributed by atoms with van der Waals surface area (Å²) in [7, 11) is 1.54. The lowest BCUT2D eigenvalue weighted by atomic mass is 10.1. The van der Waals surface area contributed by atoms with Gasteiger partial charge in [0.05, 0.1) is 12.1 Å². The van der Waals surface area contributed by atoms with Crippen LogP contribution in [0.5, 0.6) is 0 Å². The van der Waals surface area contributed by atoms with Crippen LogP contribution in [0.1, 0.15) is 17.5 Å². The number of alkyl carbamates (subject to hydrolysis) is 1. The summed E-state index contributed by atoms with van der Waals surface area (Å²) in [6.45, 7) is 4.36. The Balaban J connectivity index is 2.38. The van der Waals surface area contributed by atoms with Gasteiger partial charge in [-0.05, 0) is 37.1 Å². The van der Waals surface area contributed by atoms with Crippen LogP contribution in [-0.4, -0.2) is 42.0 Å². The Morgan fingerprint density at radius 1 is 1.35 bits per heavy atom. The Labute approximate surface area is 152 Å². The third-order valence-corrected chi connectivity index (χ3v) is 3.94. The van der Waals surface area contributed by atoms with Crippen LogP contribution in [0.2, 0.25) is 0 Å². The maximum absolute atomic E-state index is 11.7. The molecule has 26 heavy (non-hydrogen) atoms. The Morgan fingerprint density at radius 3 is 2.73 bits per heavy atom. The lowest BCUT2D eigenvalue weighted by Crippen LogP contribution is -2.27. The lowest BCUT2D eigenvalue weighted by molar-refractivity contribution is -0.720. The second kappa shape index (κ2) is 9.02. The molecule has 1 aromatic carbocycles. The van der Waals surface area contributed by atoms with Crippen molar-refractivity contribution in [1.82, 2.24) is 5.32 Å². The van der Waals surface area contributed by atoms with Gasteiger partial charge in [-0.2, -0.15) is 0 Å². The molecule has 1 amide bonds. The Hall–Kier alpha value is -2.84. The fourth-order valence-electron chi connectivity index (χ4n) is 2.55. The molecule has 0 bridgehead atoms. The number of hydrogen-bond acceptors (Lipinski definition) is 6. The summed E-state index contributed by atoms with van der Waals surface area (Å²) >= 11 is 0. The van der Waals surface area contributed by atoms with E-state index in [1.54, 1.807) is 16.9 Å². The van der Waals surface area contributed by atoms with Gasteiger partial charge in [-0.25, -0.2) is 4.79 Å². The lowest BCUT2D eigenvalue weighted by Gasteiger charge is -2.12. The molecular weight excluding hydrogens is 336 g/mol. The van der Waals surface area contributed by atoms with Gasteiger partial charge >= 0.3 is 6.09 Å². The van der Waals surface area contributed by atoms with E-state index in [1.807, 2.05) is 32.1 Å². The number of aryl methyl sites for hydroxylation is 2. The predicted molar refractivity (Wildman–Crippen MR) is 98.6 cm³/mol. The number of allylic oxidation sites excluding steroid dienone is 3. The van der Waals surface area contributed by atoms with Gasteiger partial charge in [0, 0.05) is 23.4 Å². The van der Waals surface area contributed by atoms with Crippen LogP contribution in [-0.2, 0) is 9.57 Å².